The number of aromatic hydroxyl groups is 1. The van der Waals surface area contributed by atoms with E-state index in [1.54, 1.807) is 25.3 Å². The van der Waals surface area contributed by atoms with Crippen LogP contribution in [0.25, 0.3) is 22.0 Å². The summed E-state index contributed by atoms with van der Waals surface area (Å²) in [6.07, 6.45) is 1.61. The molecule has 6 heteroatoms. The van der Waals surface area contributed by atoms with Crippen molar-refractivity contribution in [2.75, 3.05) is 5.73 Å². The molecule has 0 radical (unpaired) electrons. The van der Waals surface area contributed by atoms with E-state index in [-0.39, 0.29) is 17.0 Å². The number of nitrogens with two attached hydrogens (primary N) is 2. The van der Waals surface area contributed by atoms with Gasteiger partial charge in [-0.3, -0.25) is 9.89 Å². The number of primary amides is 1. The molecule has 1 amide bonds. The number of hydrogen-bond donors (Lipinski definition) is 4. The summed E-state index contributed by atoms with van der Waals surface area (Å²) >= 11 is 0. The van der Waals surface area contributed by atoms with Crippen LogP contribution < -0.4 is 11.5 Å². The zero-order chi connectivity index (χ0) is 16.0. The number of amides is 1. The first-order valence-corrected chi connectivity index (χ1v) is 6.76. The number of rotatable bonds is 2. The molecule has 0 fully saturated rings. The minimum Gasteiger partial charge on any atom is -0.508 e. The minimum atomic E-state index is -0.621. The number of hydrogen-bond acceptors (Lipinski definition) is 4. The van der Waals surface area contributed by atoms with Gasteiger partial charge >= 0.3 is 0 Å². The van der Waals surface area contributed by atoms with E-state index in [1.807, 2.05) is 13.0 Å². The number of carbonyl (C=O) groups is 1. The Morgan fingerprint density at radius 1 is 1.32 bits per heavy atom. The Labute approximate surface area is 126 Å². The summed E-state index contributed by atoms with van der Waals surface area (Å²) in [6.45, 7) is 3.73. The lowest BCUT2D eigenvalue weighted by Crippen LogP contribution is -2.15. The summed E-state index contributed by atoms with van der Waals surface area (Å²) < 4.78 is 0. The van der Waals surface area contributed by atoms with Crippen molar-refractivity contribution in [3.05, 3.63) is 41.1 Å². The summed E-state index contributed by atoms with van der Waals surface area (Å²) in [4.78, 5) is 11.8. The largest absolute Gasteiger partial charge is 0.508 e. The summed E-state index contributed by atoms with van der Waals surface area (Å²) in [5.41, 5.74) is 15.8. The van der Waals surface area contributed by atoms with Gasteiger partial charge in [0.05, 0.1) is 23.0 Å². The second-order valence-corrected chi connectivity index (χ2v) is 5.31. The molecule has 1 aromatic heterocycles. The first-order valence-electron chi connectivity index (χ1n) is 6.76. The number of phenols is 1. The number of benzene rings is 2. The standard InChI is InChI=1S/C16H16N4O2/c1-7-3-4-11(21)8(2)12(7)10-5-9-6-19-20-15(9)13(14(10)17)16(18)22/h3-6,21H,17H2,1-2H3,(H2,18,22)(H,19,20). The van der Waals surface area contributed by atoms with Crippen molar-refractivity contribution in [2.24, 2.45) is 5.73 Å². The Hall–Kier alpha value is -3.02. The van der Waals surface area contributed by atoms with Gasteiger partial charge in [-0.15, -0.1) is 0 Å². The van der Waals surface area contributed by atoms with E-state index in [4.69, 9.17) is 11.5 Å². The molecule has 6 N–H and O–H groups in total. The number of aromatic amines is 1. The van der Waals surface area contributed by atoms with Crippen LogP contribution in [0.3, 0.4) is 0 Å². The van der Waals surface area contributed by atoms with Crippen molar-refractivity contribution in [3.8, 4) is 16.9 Å². The molecule has 0 saturated carbocycles. The third kappa shape index (κ3) is 1.88. The smallest absolute Gasteiger partial charge is 0.253 e. The molecule has 0 aliphatic heterocycles. The summed E-state index contributed by atoms with van der Waals surface area (Å²) in [6, 6.07) is 5.28. The number of nitrogens with one attached hydrogen (secondary N) is 1. The fraction of sp³-hybridized carbons (Fsp3) is 0.125. The normalized spacial score (nSPS) is 11.0. The number of anilines is 1. The topological polar surface area (TPSA) is 118 Å². The van der Waals surface area contributed by atoms with Crippen molar-refractivity contribution < 1.29 is 9.90 Å². The zero-order valence-electron chi connectivity index (χ0n) is 12.3. The lowest BCUT2D eigenvalue weighted by Gasteiger charge is -2.16. The van der Waals surface area contributed by atoms with Gasteiger partial charge in [0.25, 0.3) is 5.91 Å². The first-order chi connectivity index (χ1) is 10.4. The average Bonchev–Trinajstić information content (AvgIpc) is 2.91. The molecule has 0 aliphatic carbocycles. The van der Waals surface area contributed by atoms with E-state index in [1.165, 1.54) is 0 Å². The summed E-state index contributed by atoms with van der Waals surface area (Å²) in [5, 5.41) is 17.4. The second kappa shape index (κ2) is 4.77. The van der Waals surface area contributed by atoms with Crippen LogP contribution in [0.15, 0.2) is 24.4 Å². The maximum absolute atomic E-state index is 11.8. The summed E-state index contributed by atoms with van der Waals surface area (Å²) in [5.74, 6) is -0.447. The van der Waals surface area contributed by atoms with Crippen molar-refractivity contribution >= 4 is 22.5 Å². The van der Waals surface area contributed by atoms with Crippen molar-refractivity contribution in [2.45, 2.75) is 13.8 Å². The molecule has 6 nitrogen and oxygen atoms in total. The second-order valence-electron chi connectivity index (χ2n) is 5.31. The molecule has 22 heavy (non-hydrogen) atoms. The van der Waals surface area contributed by atoms with Crippen molar-refractivity contribution in [1.82, 2.24) is 10.2 Å². The summed E-state index contributed by atoms with van der Waals surface area (Å²) in [7, 11) is 0. The predicted molar refractivity (Wildman–Crippen MR) is 85.6 cm³/mol. The van der Waals surface area contributed by atoms with Crippen LogP contribution in [0, 0.1) is 13.8 Å². The van der Waals surface area contributed by atoms with E-state index in [2.05, 4.69) is 10.2 Å². The van der Waals surface area contributed by atoms with Crippen LogP contribution in [0.5, 0.6) is 5.75 Å². The van der Waals surface area contributed by atoms with E-state index in [9.17, 15) is 9.90 Å². The van der Waals surface area contributed by atoms with Gasteiger partial charge in [0.2, 0.25) is 0 Å². The quantitative estimate of drug-likeness (QED) is 0.542. The third-order valence-electron chi connectivity index (χ3n) is 3.94. The third-order valence-corrected chi connectivity index (χ3v) is 3.94. The highest BCUT2D eigenvalue weighted by molar-refractivity contribution is 6.13. The lowest BCUT2D eigenvalue weighted by atomic mass is 9.91. The van der Waals surface area contributed by atoms with Gasteiger partial charge in [-0.2, -0.15) is 5.10 Å². The van der Waals surface area contributed by atoms with Gasteiger partial charge in [0.15, 0.2) is 0 Å². The zero-order valence-corrected chi connectivity index (χ0v) is 12.3. The molecule has 0 bridgehead atoms. The molecular formula is C16H16N4O2. The highest BCUT2D eigenvalue weighted by atomic mass is 16.3. The van der Waals surface area contributed by atoms with E-state index in [0.29, 0.717) is 16.6 Å². The number of phenolic OH excluding ortho intramolecular Hbond substituents is 1. The monoisotopic (exact) mass is 296 g/mol. The average molecular weight is 296 g/mol. The predicted octanol–water partition coefficient (Wildman–Crippen LogP) is 2.23. The van der Waals surface area contributed by atoms with Crippen LogP contribution in [0.2, 0.25) is 0 Å². The molecule has 112 valence electrons. The molecule has 3 rings (SSSR count). The number of carbonyl (C=O) groups excluding carboxylic acids is 1. The molecule has 1 heterocycles. The van der Waals surface area contributed by atoms with Crippen LogP contribution in [-0.4, -0.2) is 21.2 Å². The Balaban J connectivity index is 2.45. The van der Waals surface area contributed by atoms with Gasteiger partial charge in [0, 0.05) is 10.9 Å². The maximum atomic E-state index is 11.8. The van der Waals surface area contributed by atoms with Crippen LogP contribution >= 0.6 is 0 Å². The highest BCUT2D eigenvalue weighted by Gasteiger charge is 2.20. The van der Waals surface area contributed by atoms with E-state index >= 15 is 0 Å². The Morgan fingerprint density at radius 2 is 2.05 bits per heavy atom. The number of aromatic nitrogens is 2. The number of fused-ring (bicyclic) bond motifs is 1. The Bertz CT molecular complexity index is 912. The molecule has 3 aromatic rings. The SMILES string of the molecule is Cc1ccc(O)c(C)c1-c1cc2cn[nH]c2c(C(N)=O)c1N. The number of nitrogens with zero attached hydrogens (tertiary/aromatic N) is 1. The van der Waals surface area contributed by atoms with Crippen LogP contribution in [0.1, 0.15) is 21.5 Å². The molecule has 0 aliphatic rings. The van der Waals surface area contributed by atoms with E-state index < -0.39 is 5.91 Å². The minimum absolute atomic E-state index is 0.174. The van der Waals surface area contributed by atoms with Crippen LogP contribution in [0.4, 0.5) is 5.69 Å². The number of aryl methyl sites for hydroxylation is 1. The van der Waals surface area contributed by atoms with Gasteiger partial charge in [-0.25, -0.2) is 0 Å². The van der Waals surface area contributed by atoms with Gasteiger partial charge in [-0.1, -0.05) is 6.07 Å². The van der Waals surface area contributed by atoms with E-state index in [0.717, 1.165) is 16.5 Å². The van der Waals surface area contributed by atoms with Crippen molar-refractivity contribution in [3.63, 3.8) is 0 Å². The van der Waals surface area contributed by atoms with Gasteiger partial charge in [-0.05, 0) is 42.7 Å². The molecule has 0 unspecified atom stereocenters. The van der Waals surface area contributed by atoms with Gasteiger partial charge < -0.3 is 16.6 Å². The molecule has 2 aromatic carbocycles. The fourth-order valence-corrected chi connectivity index (χ4v) is 2.82. The highest BCUT2D eigenvalue weighted by Crippen LogP contribution is 2.39. The molecule has 0 spiro atoms. The number of nitrogen functional groups attached to an aromatic ring is 1. The maximum Gasteiger partial charge on any atom is 0.253 e. The lowest BCUT2D eigenvalue weighted by molar-refractivity contribution is 0.100. The fourth-order valence-electron chi connectivity index (χ4n) is 2.82. The molecular weight excluding hydrogens is 280 g/mol. The first kappa shape index (κ1) is 13.9. The Morgan fingerprint density at radius 3 is 2.73 bits per heavy atom. The van der Waals surface area contributed by atoms with Crippen molar-refractivity contribution in [1.29, 1.82) is 0 Å². The molecule has 0 atom stereocenters. The van der Waals surface area contributed by atoms with Gasteiger partial charge in [0.1, 0.15) is 5.75 Å². The molecule has 0 saturated heterocycles. The number of H-pyrrole nitrogens is 1. The Kier molecular flexibility index (Phi) is 3.02. The van der Waals surface area contributed by atoms with Crippen LogP contribution in [-0.2, 0) is 0 Å².